The molecule has 0 atom stereocenters. The molecule has 0 unspecified atom stereocenters. The number of piperidine rings is 1. The number of anilines is 1. The zero-order valence-corrected chi connectivity index (χ0v) is 19.9. The van der Waals surface area contributed by atoms with Crippen LogP contribution in [0.3, 0.4) is 0 Å². The molecule has 1 fully saturated rings. The summed E-state index contributed by atoms with van der Waals surface area (Å²) in [5.41, 5.74) is 6.81. The molecular weight excluding hydrogens is 420 g/mol. The molecule has 3 N–H and O–H groups in total. The van der Waals surface area contributed by atoms with Gasteiger partial charge >= 0.3 is 0 Å². The second kappa shape index (κ2) is 12.4. The van der Waals surface area contributed by atoms with E-state index in [1.165, 1.54) is 37.9 Å². The van der Waals surface area contributed by atoms with Gasteiger partial charge in [0.05, 0.1) is 0 Å². The Morgan fingerprint density at radius 3 is 2.06 bits per heavy atom. The first-order valence-electron chi connectivity index (χ1n) is 12.5. The fourth-order valence-electron chi connectivity index (χ4n) is 4.75. The first-order valence-corrected chi connectivity index (χ1v) is 12.5. The predicted molar refractivity (Wildman–Crippen MR) is 142 cm³/mol. The Balaban J connectivity index is 1.62. The van der Waals surface area contributed by atoms with Crippen LogP contribution >= 0.6 is 0 Å². The third-order valence-corrected chi connectivity index (χ3v) is 6.54. The molecule has 4 heteroatoms. The summed E-state index contributed by atoms with van der Waals surface area (Å²) < 4.78 is 0. The molecule has 34 heavy (non-hydrogen) atoms. The average molecular weight is 457 g/mol. The highest BCUT2D eigenvalue weighted by Crippen LogP contribution is 2.36. The van der Waals surface area contributed by atoms with Gasteiger partial charge in [0.2, 0.25) is 0 Å². The average Bonchev–Trinajstić information content (AvgIpc) is 2.89. The van der Waals surface area contributed by atoms with E-state index in [4.69, 9.17) is 0 Å². The number of phenols is 1. The Morgan fingerprint density at radius 2 is 1.41 bits per heavy atom. The molecule has 3 aromatic carbocycles. The van der Waals surface area contributed by atoms with Gasteiger partial charge in [-0.1, -0.05) is 61.0 Å². The maximum Gasteiger partial charge on any atom is 0.115 e. The lowest BCUT2D eigenvalue weighted by Gasteiger charge is -2.26. The monoisotopic (exact) mass is 456 g/mol. The lowest BCUT2D eigenvalue weighted by atomic mass is 9.87. The van der Waals surface area contributed by atoms with Crippen molar-refractivity contribution in [3.8, 4) is 5.75 Å². The van der Waals surface area contributed by atoms with Crippen LogP contribution < -0.4 is 5.32 Å². The van der Waals surface area contributed by atoms with E-state index in [0.29, 0.717) is 6.42 Å². The number of likely N-dealkylation sites (tertiary alicyclic amines) is 1. The molecule has 0 aromatic heterocycles. The zero-order chi connectivity index (χ0) is 23.6. The summed E-state index contributed by atoms with van der Waals surface area (Å²) >= 11 is 0. The predicted octanol–water partition coefficient (Wildman–Crippen LogP) is 6.02. The molecule has 4 nitrogen and oxygen atoms in total. The molecule has 1 saturated heterocycles. The number of benzene rings is 3. The summed E-state index contributed by atoms with van der Waals surface area (Å²) in [5.74, 6) is 0.257. The normalized spacial score (nSPS) is 15.1. The minimum Gasteiger partial charge on any atom is -0.508 e. The fraction of sp³-hybridized carbons (Fsp3) is 0.333. The summed E-state index contributed by atoms with van der Waals surface area (Å²) in [7, 11) is 0. The molecule has 0 radical (unpaired) electrons. The Labute approximate surface area is 203 Å². The number of nitrogens with zero attached hydrogens (tertiary/aromatic N) is 1. The Kier molecular flexibility index (Phi) is 8.78. The molecule has 3 aromatic rings. The van der Waals surface area contributed by atoms with E-state index in [9.17, 15) is 10.2 Å². The smallest absolute Gasteiger partial charge is 0.115 e. The van der Waals surface area contributed by atoms with E-state index in [2.05, 4.69) is 58.7 Å². The van der Waals surface area contributed by atoms with Gasteiger partial charge in [0.1, 0.15) is 5.75 Å². The number of hydrogen-bond donors (Lipinski definition) is 3. The van der Waals surface area contributed by atoms with Gasteiger partial charge < -0.3 is 20.4 Å². The van der Waals surface area contributed by atoms with Crippen molar-refractivity contribution in [2.75, 3.05) is 38.1 Å². The second-order valence-corrected chi connectivity index (χ2v) is 9.00. The van der Waals surface area contributed by atoms with Crippen molar-refractivity contribution in [2.45, 2.75) is 32.1 Å². The van der Waals surface area contributed by atoms with Crippen LogP contribution in [0.15, 0.2) is 78.9 Å². The maximum absolute atomic E-state index is 9.86. The molecule has 0 saturated carbocycles. The molecule has 1 aliphatic rings. The number of aromatic hydroxyl groups is 1. The van der Waals surface area contributed by atoms with E-state index in [1.807, 2.05) is 18.2 Å². The van der Waals surface area contributed by atoms with Gasteiger partial charge in [-0.05, 0) is 90.9 Å². The van der Waals surface area contributed by atoms with Gasteiger partial charge in [-0.2, -0.15) is 0 Å². The lowest BCUT2D eigenvalue weighted by molar-refractivity contribution is 0.237. The van der Waals surface area contributed by atoms with E-state index < -0.39 is 0 Å². The second-order valence-electron chi connectivity index (χ2n) is 9.00. The minimum atomic E-state index is 0.152. The standard InChI is InChI=1S/C30H36N2O2/c33-23-7-10-29(24-8-3-1-4-9-24)30(26-13-17-28(34)18-14-26)25-11-15-27(16-12-25)31-19-22-32-20-5-2-6-21-32/h1,3-4,8-9,11-18,31,33-34H,2,5-7,10,19-23H2. The van der Waals surface area contributed by atoms with Crippen LogP contribution in [0.1, 0.15) is 48.8 Å². The van der Waals surface area contributed by atoms with Gasteiger partial charge in [0.25, 0.3) is 0 Å². The molecule has 0 amide bonds. The van der Waals surface area contributed by atoms with Gasteiger partial charge in [-0.25, -0.2) is 0 Å². The molecule has 0 bridgehead atoms. The van der Waals surface area contributed by atoms with Crippen LogP contribution in [0.4, 0.5) is 5.69 Å². The van der Waals surface area contributed by atoms with Crippen LogP contribution in [0.25, 0.3) is 11.1 Å². The molecule has 1 aliphatic heterocycles. The van der Waals surface area contributed by atoms with E-state index >= 15 is 0 Å². The van der Waals surface area contributed by atoms with Crippen LogP contribution in [-0.4, -0.2) is 47.9 Å². The van der Waals surface area contributed by atoms with Gasteiger partial charge in [-0.3, -0.25) is 0 Å². The van der Waals surface area contributed by atoms with Crippen LogP contribution in [0, 0.1) is 0 Å². The highest BCUT2D eigenvalue weighted by atomic mass is 16.3. The van der Waals surface area contributed by atoms with Crippen molar-refractivity contribution < 1.29 is 10.2 Å². The van der Waals surface area contributed by atoms with Crippen molar-refractivity contribution >= 4 is 16.8 Å². The molecule has 0 spiro atoms. The van der Waals surface area contributed by atoms with Crippen LogP contribution in [-0.2, 0) is 0 Å². The van der Waals surface area contributed by atoms with Crippen molar-refractivity contribution in [3.63, 3.8) is 0 Å². The van der Waals surface area contributed by atoms with Crippen molar-refractivity contribution in [3.05, 3.63) is 95.6 Å². The largest absolute Gasteiger partial charge is 0.508 e. The van der Waals surface area contributed by atoms with Crippen molar-refractivity contribution in [1.82, 2.24) is 4.90 Å². The highest BCUT2D eigenvalue weighted by Gasteiger charge is 2.15. The molecule has 4 rings (SSSR count). The van der Waals surface area contributed by atoms with E-state index in [1.54, 1.807) is 12.1 Å². The molecule has 1 heterocycles. The number of aliphatic hydroxyl groups is 1. The zero-order valence-electron chi connectivity index (χ0n) is 19.9. The van der Waals surface area contributed by atoms with Gasteiger partial charge in [0, 0.05) is 25.4 Å². The number of phenolic OH excluding ortho intramolecular Hbond substituents is 1. The summed E-state index contributed by atoms with van der Waals surface area (Å²) in [6.07, 6.45) is 5.47. The Morgan fingerprint density at radius 1 is 0.765 bits per heavy atom. The summed E-state index contributed by atoms with van der Waals surface area (Å²) in [4.78, 5) is 2.55. The third-order valence-electron chi connectivity index (χ3n) is 6.54. The SMILES string of the molecule is OCCCC(=C(c1ccc(O)cc1)c1ccc(NCCN2CCCCC2)cc1)c1ccccc1. The summed E-state index contributed by atoms with van der Waals surface area (Å²) in [6, 6.07) is 26.5. The number of nitrogens with one attached hydrogen (secondary N) is 1. The molecule has 178 valence electrons. The van der Waals surface area contributed by atoms with Gasteiger partial charge in [-0.15, -0.1) is 0 Å². The van der Waals surface area contributed by atoms with Crippen LogP contribution in [0.2, 0.25) is 0 Å². The van der Waals surface area contributed by atoms with E-state index in [-0.39, 0.29) is 12.4 Å². The number of allylic oxidation sites excluding steroid dienone is 1. The minimum absolute atomic E-state index is 0.152. The van der Waals surface area contributed by atoms with E-state index in [0.717, 1.165) is 47.5 Å². The Bertz CT molecular complexity index is 1040. The van der Waals surface area contributed by atoms with Crippen molar-refractivity contribution in [1.29, 1.82) is 0 Å². The van der Waals surface area contributed by atoms with Crippen molar-refractivity contribution in [2.24, 2.45) is 0 Å². The highest BCUT2D eigenvalue weighted by molar-refractivity contribution is 5.98. The molecular formula is C30H36N2O2. The number of aliphatic hydroxyl groups excluding tert-OH is 1. The number of hydrogen-bond acceptors (Lipinski definition) is 4. The lowest BCUT2D eigenvalue weighted by Crippen LogP contribution is -2.33. The summed E-state index contributed by atoms with van der Waals surface area (Å²) in [5, 5.41) is 23.0. The van der Waals surface area contributed by atoms with Gasteiger partial charge in [0.15, 0.2) is 0 Å². The molecule has 0 aliphatic carbocycles. The quantitative estimate of drug-likeness (QED) is 0.327. The first-order chi connectivity index (χ1) is 16.7. The fourth-order valence-corrected chi connectivity index (χ4v) is 4.75. The Hall–Kier alpha value is -3.08. The topological polar surface area (TPSA) is 55.7 Å². The van der Waals surface area contributed by atoms with Crippen LogP contribution in [0.5, 0.6) is 5.75 Å². The first kappa shape index (κ1) is 24.1. The summed E-state index contributed by atoms with van der Waals surface area (Å²) in [6.45, 7) is 4.62. The third kappa shape index (κ3) is 6.49. The number of rotatable bonds is 10. The maximum atomic E-state index is 9.86.